The summed E-state index contributed by atoms with van der Waals surface area (Å²) >= 11 is 0. The monoisotopic (exact) mass is 278 g/mol. The van der Waals surface area contributed by atoms with Crippen LogP contribution in [0.3, 0.4) is 0 Å². The number of carbonyl (C=O) groups excluding carboxylic acids is 1. The molecule has 0 saturated heterocycles. The topological polar surface area (TPSA) is 59.8 Å². The molecule has 0 fully saturated rings. The number of rotatable bonds is 3. The molecule has 0 aliphatic rings. The lowest BCUT2D eigenvalue weighted by Gasteiger charge is -2.08. The Kier molecular flexibility index (Phi) is 3.47. The van der Waals surface area contributed by atoms with Gasteiger partial charge in [0.15, 0.2) is 0 Å². The van der Waals surface area contributed by atoms with Crippen LogP contribution in [0.1, 0.15) is 10.5 Å². The molecule has 104 valence electrons. The molecule has 5 nitrogen and oxygen atoms in total. The third-order valence-electron chi connectivity index (χ3n) is 3.19. The van der Waals surface area contributed by atoms with Crippen molar-refractivity contribution in [1.82, 2.24) is 14.5 Å². The number of benzene rings is 1. The van der Waals surface area contributed by atoms with E-state index in [0.29, 0.717) is 5.69 Å². The van der Waals surface area contributed by atoms with E-state index in [1.165, 1.54) is 6.33 Å². The van der Waals surface area contributed by atoms with Crippen LogP contribution in [0.2, 0.25) is 0 Å². The molecule has 0 radical (unpaired) electrons. The van der Waals surface area contributed by atoms with Crippen LogP contribution in [0.15, 0.2) is 61.3 Å². The molecule has 0 atom stereocenters. The minimum atomic E-state index is -0.135. The minimum absolute atomic E-state index is 0.135. The summed E-state index contributed by atoms with van der Waals surface area (Å²) in [5.41, 5.74) is 3.22. The van der Waals surface area contributed by atoms with Crippen LogP contribution < -0.4 is 5.32 Å². The van der Waals surface area contributed by atoms with Crippen molar-refractivity contribution in [1.29, 1.82) is 0 Å². The quantitative estimate of drug-likeness (QED) is 0.801. The van der Waals surface area contributed by atoms with Crippen molar-refractivity contribution in [3.63, 3.8) is 0 Å². The Balaban J connectivity index is 1.84. The molecular weight excluding hydrogens is 264 g/mol. The van der Waals surface area contributed by atoms with Crippen molar-refractivity contribution in [2.75, 3.05) is 5.32 Å². The average Bonchev–Trinajstić information content (AvgIpc) is 2.95. The third-order valence-corrected chi connectivity index (χ3v) is 3.19. The molecule has 2 heterocycles. The molecule has 5 heteroatoms. The molecule has 0 aliphatic carbocycles. The van der Waals surface area contributed by atoms with Crippen LogP contribution in [0.4, 0.5) is 5.69 Å². The molecule has 0 spiro atoms. The first-order valence-corrected chi connectivity index (χ1v) is 6.52. The van der Waals surface area contributed by atoms with E-state index in [1.54, 1.807) is 23.0 Å². The second-order valence-corrected chi connectivity index (χ2v) is 4.67. The number of nitrogens with one attached hydrogen (secondary N) is 1. The average molecular weight is 278 g/mol. The van der Waals surface area contributed by atoms with Gasteiger partial charge in [-0.1, -0.05) is 12.1 Å². The maximum Gasteiger partial charge on any atom is 0.272 e. The highest BCUT2D eigenvalue weighted by Crippen LogP contribution is 2.21. The number of hydrogen-bond acceptors (Lipinski definition) is 3. The van der Waals surface area contributed by atoms with Gasteiger partial charge in [-0.25, -0.2) is 9.97 Å². The fourth-order valence-electron chi connectivity index (χ4n) is 2.12. The third kappa shape index (κ3) is 2.81. The Morgan fingerprint density at radius 3 is 2.62 bits per heavy atom. The summed E-state index contributed by atoms with van der Waals surface area (Å²) in [5.74, 6) is -0.135. The molecule has 3 rings (SSSR count). The van der Waals surface area contributed by atoms with Crippen LogP contribution in [0, 0.1) is 0 Å². The zero-order chi connectivity index (χ0) is 14.7. The number of amides is 1. The lowest BCUT2D eigenvalue weighted by Crippen LogP contribution is -2.15. The minimum Gasteiger partial charge on any atom is -0.347 e. The van der Waals surface area contributed by atoms with Crippen molar-refractivity contribution in [3.05, 3.63) is 67.0 Å². The summed E-state index contributed by atoms with van der Waals surface area (Å²) < 4.78 is 1.78. The Morgan fingerprint density at radius 1 is 1.10 bits per heavy atom. The standard InChI is InChI=1S/C16H14N4O/c1-20-7-3-6-15(20)16(21)19-14-5-2-4-12(8-14)13-9-17-11-18-10-13/h2-11H,1H3,(H,19,21). The van der Waals surface area contributed by atoms with Crippen molar-refractivity contribution in [3.8, 4) is 11.1 Å². The molecule has 3 aromatic rings. The smallest absolute Gasteiger partial charge is 0.272 e. The van der Waals surface area contributed by atoms with Gasteiger partial charge in [0, 0.05) is 36.9 Å². The fourth-order valence-corrected chi connectivity index (χ4v) is 2.12. The van der Waals surface area contributed by atoms with Gasteiger partial charge >= 0.3 is 0 Å². The Morgan fingerprint density at radius 2 is 1.90 bits per heavy atom. The van der Waals surface area contributed by atoms with Gasteiger partial charge in [-0.3, -0.25) is 4.79 Å². The summed E-state index contributed by atoms with van der Waals surface area (Å²) in [6.07, 6.45) is 6.81. The number of anilines is 1. The van der Waals surface area contributed by atoms with Gasteiger partial charge in [0.1, 0.15) is 12.0 Å². The molecule has 0 unspecified atom stereocenters. The van der Waals surface area contributed by atoms with Crippen LogP contribution in [-0.4, -0.2) is 20.4 Å². The Bertz CT molecular complexity index is 765. The lowest BCUT2D eigenvalue weighted by molar-refractivity contribution is 0.101. The molecule has 1 N–H and O–H groups in total. The highest BCUT2D eigenvalue weighted by Gasteiger charge is 2.09. The van der Waals surface area contributed by atoms with Crippen LogP contribution >= 0.6 is 0 Å². The SMILES string of the molecule is Cn1cccc1C(=O)Nc1cccc(-c2cncnc2)c1. The predicted octanol–water partition coefficient (Wildman–Crippen LogP) is 2.73. The van der Waals surface area contributed by atoms with E-state index in [9.17, 15) is 4.79 Å². The van der Waals surface area contributed by atoms with Crippen LogP contribution in [0.25, 0.3) is 11.1 Å². The van der Waals surface area contributed by atoms with E-state index in [-0.39, 0.29) is 5.91 Å². The van der Waals surface area contributed by atoms with E-state index in [4.69, 9.17) is 0 Å². The van der Waals surface area contributed by atoms with Crippen LogP contribution in [-0.2, 0) is 7.05 Å². The summed E-state index contributed by atoms with van der Waals surface area (Å²) in [5, 5.41) is 2.89. The van der Waals surface area contributed by atoms with Crippen molar-refractivity contribution in [2.45, 2.75) is 0 Å². The highest BCUT2D eigenvalue weighted by atomic mass is 16.1. The highest BCUT2D eigenvalue weighted by molar-refractivity contribution is 6.03. The predicted molar refractivity (Wildman–Crippen MR) is 80.8 cm³/mol. The molecule has 2 aromatic heterocycles. The van der Waals surface area contributed by atoms with E-state index in [2.05, 4.69) is 15.3 Å². The van der Waals surface area contributed by atoms with Gasteiger partial charge in [0.25, 0.3) is 5.91 Å². The molecule has 1 aromatic carbocycles. The van der Waals surface area contributed by atoms with E-state index >= 15 is 0 Å². The molecular formula is C16H14N4O. The zero-order valence-corrected chi connectivity index (χ0v) is 11.5. The number of nitrogens with zero attached hydrogens (tertiary/aromatic N) is 3. The van der Waals surface area contributed by atoms with Gasteiger partial charge < -0.3 is 9.88 Å². The number of aromatic nitrogens is 3. The zero-order valence-electron chi connectivity index (χ0n) is 11.5. The number of aryl methyl sites for hydroxylation is 1. The summed E-state index contributed by atoms with van der Waals surface area (Å²) in [6, 6.07) is 11.2. The first-order chi connectivity index (χ1) is 10.2. The molecule has 0 bridgehead atoms. The van der Waals surface area contributed by atoms with Gasteiger partial charge in [0.05, 0.1) is 0 Å². The first-order valence-electron chi connectivity index (χ1n) is 6.52. The number of carbonyl (C=O) groups is 1. The Labute approximate surface area is 122 Å². The first kappa shape index (κ1) is 13.1. The fraction of sp³-hybridized carbons (Fsp3) is 0.0625. The summed E-state index contributed by atoms with van der Waals surface area (Å²) in [6.45, 7) is 0. The normalized spacial score (nSPS) is 10.3. The van der Waals surface area contributed by atoms with E-state index in [1.807, 2.05) is 43.6 Å². The van der Waals surface area contributed by atoms with Gasteiger partial charge in [-0.15, -0.1) is 0 Å². The Hall–Kier alpha value is -2.95. The van der Waals surface area contributed by atoms with Gasteiger partial charge in [-0.05, 0) is 29.8 Å². The van der Waals surface area contributed by atoms with Crippen molar-refractivity contribution < 1.29 is 4.79 Å². The van der Waals surface area contributed by atoms with Crippen molar-refractivity contribution in [2.24, 2.45) is 7.05 Å². The lowest BCUT2D eigenvalue weighted by atomic mass is 10.1. The molecule has 0 saturated carbocycles. The molecule has 0 aliphatic heterocycles. The molecule has 21 heavy (non-hydrogen) atoms. The van der Waals surface area contributed by atoms with Crippen LogP contribution in [0.5, 0.6) is 0 Å². The second kappa shape index (κ2) is 5.58. The van der Waals surface area contributed by atoms with E-state index in [0.717, 1.165) is 16.8 Å². The number of hydrogen-bond donors (Lipinski definition) is 1. The maximum absolute atomic E-state index is 12.2. The largest absolute Gasteiger partial charge is 0.347 e. The van der Waals surface area contributed by atoms with Gasteiger partial charge in [0.2, 0.25) is 0 Å². The summed E-state index contributed by atoms with van der Waals surface area (Å²) in [7, 11) is 1.84. The molecule has 1 amide bonds. The maximum atomic E-state index is 12.2. The summed E-state index contributed by atoms with van der Waals surface area (Å²) in [4.78, 5) is 20.2. The van der Waals surface area contributed by atoms with Gasteiger partial charge in [-0.2, -0.15) is 0 Å². The van der Waals surface area contributed by atoms with Crippen molar-refractivity contribution >= 4 is 11.6 Å². The van der Waals surface area contributed by atoms with E-state index < -0.39 is 0 Å². The second-order valence-electron chi connectivity index (χ2n) is 4.67.